The lowest BCUT2D eigenvalue weighted by Crippen LogP contribution is -2.37. The molecular formula is C16H23NO2. The van der Waals surface area contributed by atoms with Crippen LogP contribution in [0.15, 0.2) is 24.3 Å². The smallest absolute Gasteiger partial charge is 0.222 e. The first kappa shape index (κ1) is 13.9. The third-order valence-electron chi connectivity index (χ3n) is 3.88. The van der Waals surface area contributed by atoms with Crippen LogP contribution in [0.1, 0.15) is 44.1 Å². The number of hydrogen-bond donors (Lipinski definition) is 0. The molecule has 2 rings (SSSR count). The van der Waals surface area contributed by atoms with Crippen LogP contribution < -0.4 is 4.74 Å². The van der Waals surface area contributed by atoms with Crippen molar-refractivity contribution >= 4 is 5.91 Å². The van der Waals surface area contributed by atoms with Gasteiger partial charge in [-0.25, -0.2) is 0 Å². The molecule has 0 saturated carbocycles. The molecule has 0 unspecified atom stereocenters. The topological polar surface area (TPSA) is 29.5 Å². The number of methoxy groups -OCH3 is 1. The van der Waals surface area contributed by atoms with Crippen molar-refractivity contribution in [3.8, 4) is 5.75 Å². The highest BCUT2D eigenvalue weighted by atomic mass is 16.5. The summed E-state index contributed by atoms with van der Waals surface area (Å²) >= 11 is 0. The predicted octanol–water partition coefficient (Wildman–Crippen LogP) is 3.20. The number of piperidine rings is 1. The Morgan fingerprint density at radius 2 is 2.11 bits per heavy atom. The third-order valence-corrected chi connectivity index (χ3v) is 3.88. The maximum absolute atomic E-state index is 11.8. The normalized spacial score (nSPS) is 16.4. The average molecular weight is 261 g/mol. The SMILES string of the molecule is CCCC(=O)N1CCC(c2cccc(OC)c2)CC1. The van der Waals surface area contributed by atoms with Gasteiger partial charge in [0, 0.05) is 19.5 Å². The third kappa shape index (κ3) is 3.49. The van der Waals surface area contributed by atoms with E-state index in [1.165, 1.54) is 5.56 Å². The summed E-state index contributed by atoms with van der Waals surface area (Å²) in [5.41, 5.74) is 1.34. The summed E-state index contributed by atoms with van der Waals surface area (Å²) in [4.78, 5) is 13.9. The van der Waals surface area contributed by atoms with Crippen molar-refractivity contribution in [1.82, 2.24) is 4.90 Å². The minimum Gasteiger partial charge on any atom is -0.497 e. The van der Waals surface area contributed by atoms with Crippen molar-refractivity contribution in [3.05, 3.63) is 29.8 Å². The molecule has 1 amide bonds. The number of likely N-dealkylation sites (tertiary alicyclic amines) is 1. The van der Waals surface area contributed by atoms with Gasteiger partial charge in [0.25, 0.3) is 0 Å². The number of carbonyl (C=O) groups is 1. The van der Waals surface area contributed by atoms with Crippen LogP contribution in [-0.4, -0.2) is 31.0 Å². The molecule has 104 valence electrons. The lowest BCUT2D eigenvalue weighted by atomic mass is 9.89. The van der Waals surface area contributed by atoms with Gasteiger partial charge in [0.05, 0.1) is 7.11 Å². The zero-order valence-electron chi connectivity index (χ0n) is 11.9. The summed E-state index contributed by atoms with van der Waals surface area (Å²) in [5.74, 6) is 1.79. The number of benzene rings is 1. The highest BCUT2D eigenvalue weighted by Gasteiger charge is 2.23. The molecule has 19 heavy (non-hydrogen) atoms. The molecule has 1 heterocycles. The van der Waals surface area contributed by atoms with E-state index in [4.69, 9.17) is 4.74 Å². The molecule has 1 saturated heterocycles. The second kappa shape index (κ2) is 6.60. The fraction of sp³-hybridized carbons (Fsp3) is 0.562. The van der Waals surface area contributed by atoms with Crippen molar-refractivity contribution in [2.45, 2.75) is 38.5 Å². The van der Waals surface area contributed by atoms with E-state index < -0.39 is 0 Å². The molecule has 3 nitrogen and oxygen atoms in total. The van der Waals surface area contributed by atoms with Crippen LogP contribution in [0.4, 0.5) is 0 Å². The summed E-state index contributed by atoms with van der Waals surface area (Å²) in [5, 5.41) is 0. The van der Waals surface area contributed by atoms with E-state index >= 15 is 0 Å². The number of ether oxygens (including phenoxy) is 1. The van der Waals surface area contributed by atoms with Crippen LogP contribution in [-0.2, 0) is 4.79 Å². The molecule has 0 atom stereocenters. The second-order valence-corrected chi connectivity index (χ2v) is 5.18. The summed E-state index contributed by atoms with van der Waals surface area (Å²) < 4.78 is 5.27. The molecule has 0 spiro atoms. The Bertz CT molecular complexity index is 423. The molecule has 0 N–H and O–H groups in total. The van der Waals surface area contributed by atoms with Crippen LogP contribution in [0.3, 0.4) is 0 Å². The predicted molar refractivity (Wildman–Crippen MR) is 76.5 cm³/mol. The van der Waals surface area contributed by atoms with Gasteiger partial charge in [0.2, 0.25) is 5.91 Å². The minimum atomic E-state index is 0.312. The fourth-order valence-corrected chi connectivity index (χ4v) is 2.73. The zero-order valence-corrected chi connectivity index (χ0v) is 11.9. The quantitative estimate of drug-likeness (QED) is 0.833. The number of hydrogen-bond acceptors (Lipinski definition) is 2. The Labute approximate surface area is 115 Å². The Balaban J connectivity index is 1.94. The van der Waals surface area contributed by atoms with Gasteiger partial charge in [0.1, 0.15) is 5.75 Å². The van der Waals surface area contributed by atoms with Crippen LogP contribution in [0.25, 0.3) is 0 Å². The van der Waals surface area contributed by atoms with E-state index in [0.717, 1.165) is 38.1 Å². The first-order chi connectivity index (χ1) is 9.24. The Hall–Kier alpha value is -1.51. The molecule has 3 heteroatoms. The number of amides is 1. The van der Waals surface area contributed by atoms with Crippen molar-refractivity contribution in [2.75, 3.05) is 20.2 Å². The van der Waals surface area contributed by atoms with Crippen molar-refractivity contribution in [2.24, 2.45) is 0 Å². The summed E-state index contributed by atoms with van der Waals surface area (Å²) in [7, 11) is 1.70. The van der Waals surface area contributed by atoms with E-state index in [0.29, 0.717) is 18.2 Å². The Morgan fingerprint density at radius 1 is 1.37 bits per heavy atom. The van der Waals surface area contributed by atoms with Gasteiger partial charge in [0.15, 0.2) is 0 Å². The van der Waals surface area contributed by atoms with E-state index in [9.17, 15) is 4.79 Å². The monoisotopic (exact) mass is 261 g/mol. The number of nitrogens with zero attached hydrogens (tertiary/aromatic N) is 1. The van der Waals surface area contributed by atoms with E-state index in [1.807, 2.05) is 17.0 Å². The van der Waals surface area contributed by atoms with Crippen LogP contribution in [0.2, 0.25) is 0 Å². The van der Waals surface area contributed by atoms with Crippen molar-refractivity contribution < 1.29 is 9.53 Å². The molecule has 1 aliphatic heterocycles. The lowest BCUT2D eigenvalue weighted by Gasteiger charge is -2.32. The van der Waals surface area contributed by atoms with E-state index in [2.05, 4.69) is 19.1 Å². The molecular weight excluding hydrogens is 238 g/mol. The van der Waals surface area contributed by atoms with Crippen molar-refractivity contribution in [3.63, 3.8) is 0 Å². The van der Waals surface area contributed by atoms with Crippen LogP contribution >= 0.6 is 0 Å². The van der Waals surface area contributed by atoms with Crippen molar-refractivity contribution in [1.29, 1.82) is 0 Å². The van der Waals surface area contributed by atoms with Gasteiger partial charge in [-0.3, -0.25) is 4.79 Å². The Kier molecular flexibility index (Phi) is 4.83. The van der Waals surface area contributed by atoms with E-state index in [-0.39, 0.29) is 0 Å². The molecule has 1 aromatic rings. The maximum atomic E-state index is 11.8. The highest BCUT2D eigenvalue weighted by Crippen LogP contribution is 2.30. The first-order valence-electron chi connectivity index (χ1n) is 7.16. The molecule has 1 aromatic carbocycles. The summed E-state index contributed by atoms with van der Waals surface area (Å²) in [6.45, 7) is 3.84. The van der Waals surface area contributed by atoms with Gasteiger partial charge in [-0.1, -0.05) is 19.1 Å². The van der Waals surface area contributed by atoms with Gasteiger partial charge in [-0.15, -0.1) is 0 Å². The van der Waals surface area contributed by atoms with Gasteiger partial charge >= 0.3 is 0 Å². The highest BCUT2D eigenvalue weighted by molar-refractivity contribution is 5.76. The standard InChI is InChI=1S/C16H23NO2/c1-3-5-16(18)17-10-8-13(9-11-17)14-6-4-7-15(12-14)19-2/h4,6-7,12-13H,3,5,8-11H2,1-2H3. The zero-order chi connectivity index (χ0) is 13.7. The fourth-order valence-electron chi connectivity index (χ4n) is 2.73. The van der Waals surface area contributed by atoms with Crippen LogP contribution in [0, 0.1) is 0 Å². The van der Waals surface area contributed by atoms with Gasteiger partial charge in [-0.2, -0.15) is 0 Å². The average Bonchev–Trinajstić information content (AvgIpc) is 2.48. The maximum Gasteiger partial charge on any atom is 0.222 e. The molecule has 0 bridgehead atoms. The van der Waals surface area contributed by atoms with Gasteiger partial charge < -0.3 is 9.64 Å². The van der Waals surface area contributed by atoms with Gasteiger partial charge in [-0.05, 0) is 42.9 Å². The minimum absolute atomic E-state index is 0.312. The second-order valence-electron chi connectivity index (χ2n) is 5.18. The molecule has 0 aliphatic carbocycles. The van der Waals surface area contributed by atoms with E-state index in [1.54, 1.807) is 7.11 Å². The molecule has 0 aromatic heterocycles. The molecule has 0 radical (unpaired) electrons. The molecule has 1 aliphatic rings. The summed E-state index contributed by atoms with van der Waals surface area (Å²) in [6, 6.07) is 8.30. The van der Waals surface area contributed by atoms with Crippen LogP contribution in [0.5, 0.6) is 5.75 Å². The largest absolute Gasteiger partial charge is 0.497 e. The Morgan fingerprint density at radius 3 is 2.74 bits per heavy atom. The first-order valence-corrected chi connectivity index (χ1v) is 7.16. The number of rotatable bonds is 4. The molecule has 1 fully saturated rings. The lowest BCUT2D eigenvalue weighted by molar-refractivity contribution is -0.132. The summed E-state index contributed by atoms with van der Waals surface area (Å²) in [6.07, 6.45) is 3.74. The number of carbonyl (C=O) groups excluding carboxylic acids is 1.